The van der Waals surface area contributed by atoms with Gasteiger partial charge in [-0.3, -0.25) is 0 Å². The molecule has 0 aliphatic rings. The topological polar surface area (TPSA) is 50.4 Å². The standard InChI is InChI=1S/C12H17F2N3.HI/c1-8(2)9-4-3-5-10(6-9)17-12(15)16-7-11(13)14;/h3-6,8,11H,7H2,1-2H3,(H3,15,16,17);1H. The summed E-state index contributed by atoms with van der Waals surface area (Å²) in [6.45, 7) is 3.57. The Hall–Kier alpha value is -0.920. The van der Waals surface area contributed by atoms with Crippen LogP contribution in [0.2, 0.25) is 0 Å². The number of hydrogen-bond acceptors (Lipinski definition) is 1. The summed E-state index contributed by atoms with van der Waals surface area (Å²) in [6, 6.07) is 7.63. The zero-order valence-electron chi connectivity index (χ0n) is 10.4. The van der Waals surface area contributed by atoms with Gasteiger partial charge in [-0.15, -0.1) is 24.0 Å². The Morgan fingerprint density at radius 3 is 2.61 bits per heavy atom. The van der Waals surface area contributed by atoms with Gasteiger partial charge in [-0.1, -0.05) is 26.0 Å². The number of nitrogens with zero attached hydrogens (tertiary/aromatic N) is 1. The van der Waals surface area contributed by atoms with Crippen LogP contribution in [-0.2, 0) is 0 Å². The molecule has 102 valence electrons. The summed E-state index contributed by atoms with van der Waals surface area (Å²) in [5.74, 6) is 0.405. The zero-order valence-corrected chi connectivity index (χ0v) is 12.7. The number of hydrogen-bond donors (Lipinski definition) is 2. The van der Waals surface area contributed by atoms with Gasteiger partial charge in [-0.25, -0.2) is 13.8 Å². The van der Waals surface area contributed by atoms with E-state index in [1.54, 1.807) is 0 Å². The highest BCUT2D eigenvalue weighted by Gasteiger charge is 2.03. The van der Waals surface area contributed by atoms with E-state index in [0.717, 1.165) is 11.3 Å². The Labute approximate surface area is 123 Å². The van der Waals surface area contributed by atoms with Crippen LogP contribution in [0.3, 0.4) is 0 Å². The van der Waals surface area contributed by atoms with Crippen LogP contribution < -0.4 is 11.1 Å². The Bertz CT molecular complexity index is 395. The maximum Gasteiger partial charge on any atom is 0.257 e. The van der Waals surface area contributed by atoms with Crippen LogP contribution in [0, 0.1) is 0 Å². The fourth-order valence-corrected chi connectivity index (χ4v) is 1.33. The number of nitrogens with two attached hydrogens (primary N) is 1. The minimum absolute atomic E-state index is 0. The molecule has 3 N–H and O–H groups in total. The molecule has 0 saturated carbocycles. The van der Waals surface area contributed by atoms with E-state index >= 15 is 0 Å². The summed E-state index contributed by atoms with van der Waals surface area (Å²) in [5, 5.41) is 2.79. The van der Waals surface area contributed by atoms with Gasteiger partial charge < -0.3 is 11.1 Å². The van der Waals surface area contributed by atoms with Gasteiger partial charge in [0.05, 0.1) is 0 Å². The predicted octanol–water partition coefficient (Wildman–Crippen LogP) is 3.42. The molecule has 0 saturated heterocycles. The van der Waals surface area contributed by atoms with Crippen LogP contribution in [0.4, 0.5) is 14.5 Å². The minimum Gasteiger partial charge on any atom is -0.370 e. The summed E-state index contributed by atoms with van der Waals surface area (Å²) < 4.78 is 23.8. The van der Waals surface area contributed by atoms with Gasteiger partial charge in [0.1, 0.15) is 6.54 Å². The van der Waals surface area contributed by atoms with Crippen molar-refractivity contribution in [3.63, 3.8) is 0 Å². The third kappa shape index (κ3) is 6.13. The second-order valence-corrected chi connectivity index (χ2v) is 4.02. The van der Waals surface area contributed by atoms with Crippen LogP contribution in [0.15, 0.2) is 29.3 Å². The van der Waals surface area contributed by atoms with Crippen molar-refractivity contribution in [1.82, 2.24) is 0 Å². The van der Waals surface area contributed by atoms with Crippen molar-refractivity contribution in [2.75, 3.05) is 11.9 Å². The molecule has 0 bridgehead atoms. The fraction of sp³-hybridized carbons (Fsp3) is 0.417. The Kier molecular flexibility index (Phi) is 7.81. The van der Waals surface area contributed by atoms with Crippen LogP contribution in [-0.4, -0.2) is 18.9 Å². The number of alkyl halides is 2. The summed E-state index contributed by atoms with van der Waals surface area (Å²) in [4.78, 5) is 3.53. The molecule has 1 aromatic rings. The van der Waals surface area contributed by atoms with E-state index in [9.17, 15) is 8.78 Å². The zero-order chi connectivity index (χ0) is 12.8. The monoisotopic (exact) mass is 369 g/mol. The first-order chi connectivity index (χ1) is 7.99. The SMILES string of the molecule is CC(C)c1cccc(NC(N)=NCC(F)F)c1.I. The van der Waals surface area contributed by atoms with E-state index in [2.05, 4.69) is 24.2 Å². The van der Waals surface area contributed by atoms with E-state index in [-0.39, 0.29) is 29.9 Å². The molecule has 0 unspecified atom stereocenters. The van der Waals surface area contributed by atoms with E-state index in [1.807, 2.05) is 24.3 Å². The molecule has 3 nitrogen and oxygen atoms in total. The van der Waals surface area contributed by atoms with E-state index in [1.165, 1.54) is 0 Å². The lowest BCUT2D eigenvalue weighted by Gasteiger charge is -2.09. The predicted molar refractivity (Wildman–Crippen MR) is 82.1 cm³/mol. The molecule has 1 aromatic carbocycles. The average molecular weight is 369 g/mol. The number of benzene rings is 1. The molecule has 0 fully saturated rings. The van der Waals surface area contributed by atoms with Gasteiger partial charge in [0.15, 0.2) is 5.96 Å². The number of halogens is 3. The van der Waals surface area contributed by atoms with E-state index in [4.69, 9.17) is 5.73 Å². The van der Waals surface area contributed by atoms with Gasteiger partial charge in [-0.05, 0) is 23.6 Å². The molecule has 1 rings (SSSR count). The first-order valence-electron chi connectivity index (χ1n) is 5.44. The summed E-state index contributed by atoms with van der Waals surface area (Å²) >= 11 is 0. The van der Waals surface area contributed by atoms with Crippen molar-refractivity contribution in [3.05, 3.63) is 29.8 Å². The summed E-state index contributed by atoms with van der Waals surface area (Å²) in [6.07, 6.45) is -2.47. The molecule has 0 atom stereocenters. The van der Waals surface area contributed by atoms with Gasteiger partial charge in [0.2, 0.25) is 0 Å². The lowest BCUT2D eigenvalue weighted by molar-refractivity contribution is 0.158. The van der Waals surface area contributed by atoms with Gasteiger partial charge in [-0.2, -0.15) is 0 Å². The lowest BCUT2D eigenvalue weighted by atomic mass is 10.0. The third-order valence-corrected chi connectivity index (χ3v) is 2.23. The maximum atomic E-state index is 11.9. The van der Waals surface area contributed by atoms with Crippen LogP contribution in [0.5, 0.6) is 0 Å². The quantitative estimate of drug-likeness (QED) is 0.486. The number of nitrogens with one attached hydrogen (secondary N) is 1. The first kappa shape index (κ1) is 17.1. The highest BCUT2D eigenvalue weighted by atomic mass is 127. The number of anilines is 1. The molecular weight excluding hydrogens is 351 g/mol. The van der Waals surface area contributed by atoms with Crippen molar-refractivity contribution in [2.24, 2.45) is 10.7 Å². The Balaban J connectivity index is 0.00000289. The molecule has 0 radical (unpaired) electrons. The number of aliphatic imine (C=N–C) groups is 1. The number of guanidine groups is 1. The molecule has 0 aliphatic carbocycles. The van der Waals surface area contributed by atoms with Crippen molar-refractivity contribution in [1.29, 1.82) is 0 Å². The third-order valence-electron chi connectivity index (χ3n) is 2.23. The van der Waals surface area contributed by atoms with E-state index < -0.39 is 13.0 Å². The smallest absolute Gasteiger partial charge is 0.257 e. The van der Waals surface area contributed by atoms with Crippen molar-refractivity contribution in [2.45, 2.75) is 26.2 Å². The van der Waals surface area contributed by atoms with E-state index in [0.29, 0.717) is 5.92 Å². The second-order valence-electron chi connectivity index (χ2n) is 4.02. The molecule has 0 amide bonds. The lowest BCUT2D eigenvalue weighted by Crippen LogP contribution is -2.23. The normalized spacial score (nSPS) is 11.6. The van der Waals surface area contributed by atoms with Gasteiger partial charge in [0, 0.05) is 5.69 Å². The average Bonchev–Trinajstić information content (AvgIpc) is 2.26. The minimum atomic E-state index is -2.47. The highest BCUT2D eigenvalue weighted by molar-refractivity contribution is 14.0. The molecule has 0 aliphatic heterocycles. The molecule has 0 aromatic heterocycles. The van der Waals surface area contributed by atoms with Gasteiger partial charge in [0.25, 0.3) is 6.43 Å². The Morgan fingerprint density at radius 1 is 1.39 bits per heavy atom. The molecule has 0 spiro atoms. The first-order valence-corrected chi connectivity index (χ1v) is 5.44. The fourth-order valence-electron chi connectivity index (χ4n) is 1.33. The van der Waals surface area contributed by atoms with Gasteiger partial charge >= 0.3 is 0 Å². The summed E-state index contributed by atoms with van der Waals surface area (Å²) in [7, 11) is 0. The van der Waals surface area contributed by atoms with Crippen LogP contribution >= 0.6 is 24.0 Å². The summed E-state index contributed by atoms with van der Waals surface area (Å²) in [5.41, 5.74) is 7.39. The largest absolute Gasteiger partial charge is 0.370 e. The van der Waals surface area contributed by atoms with Crippen molar-refractivity contribution in [3.8, 4) is 0 Å². The highest BCUT2D eigenvalue weighted by Crippen LogP contribution is 2.18. The van der Waals surface area contributed by atoms with Crippen LogP contribution in [0.1, 0.15) is 25.3 Å². The van der Waals surface area contributed by atoms with Crippen molar-refractivity contribution >= 4 is 35.6 Å². The second kappa shape index (κ2) is 8.23. The molecule has 0 heterocycles. The Morgan fingerprint density at radius 2 is 2.06 bits per heavy atom. The molecular formula is C12H18F2IN3. The van der Waals surface area contributed by atoms with Crippen LogP contribution in [0.25, 0.3) is 0 Å². The van der Waals surface area contributed by atoms with Crippen molar-refractivity contribution < 1.29 is 8.78 Å². The maximum absolute atomic E-state index is 11.9. The number of rotatable bonds is 4. The molecule has 18 heavy (non-hydrogen) atoms. The molecule has 6 heteroatoms.